The first-order chi connectivity index (χ1) is 7.90. The number of carboxylic acid groups (broad SMARTS) is 1. The van der Waals surface area contributed by atoms with Gasteiger partial charge in [-0.25, -0.2) is 0 Å². The number of nitrogens with zero attached hydrogens (tertiary/aromatic N) is 1. The van der Waals surface area contributed by atoms with E-state index in [-0.39, 0.29) is 0 Å². The lowest BCUT2D eigenvalue weighted by atomic mass is 9.86. The molecule has 102 valence electrons. The Bertz CT molecular complexity index is 220. The Balaban J connectivity index is 4.79. The Morgan fingerprint density at radius 1 is 1.24 bits per heavy atom. The average molecular weight is 243 g/mol. The van der Waals surface area contributed by atoms with Gasteiger partial charge in [0.1, 0.15) is 5.54 Å². The molecule has 1 N–H and O–H groups in total. The molecule has 0 rings (SSSR count). The number of likely N-dealkylation sites (N-methyl/N-ethyl adjacent to an activating group) is 1. The summed E-state index contributed by atoms with van der Waals surface area (Å²) < 4.78 is 0. The summed E-state index contributed by atoms with van der Waals surface area (Å²) in [6, 6.07) is 0. The van der Waals surface area contributed by atoms with Gasteiger partial charge in [0.15, 0.2) is 0 Å². The van der Waals surface area contributed by atoms with E-state index in [1.165, 1.54) is 0 Å². The zero-order valence-corrected chi connectivity index (χ0v) is 12.1. The second-order valence-corrected chi connectivity index (χ2v) is 5.44. The lowest BCUT2D eigenvalue weighted by Crippen LogP contribution is -2.53. The third-order valence-corrected chi connectivity index (χ3v) is 3.50. The van der Waals surface area contributed by atoms with E-state index in [4.69, 9.17) is 0 Å². The van der Waals surface area contributed by atoms with E-state index in [2.05, 4.69) is 32.6 Å². The number of carboxylic acids is 1. The van der Waals surface area contributed by atoms with Crippen LogP contribution in [0.3, 0.4) is 0 Å². The minimum Gasteiger partial charge on any atom is -0.480 e. The third kappa shape index (κ3) is 4.66. The number of aliphatic carboxylic acids is 1. The summed E-state index contributed by atoms with van der Waals surface area (Å²) in [5, 5.41) is 9.58. The summed E-state index contributed by atoms with van der Waals surface area (Å²) in [4.78, 5) is 13.7. The van der Waals surface area contributed by atoms with Crippen LogP contribution in [0.25, 0.3) is 0 Å². The van der Waals surface area contributed by atoms with E-state index in [0.717, 1.165) is 38.6 Å². The molecule has 0 aliphatic heterocycles. The van der Waals surface area contributed by atoms with Gasteiger partial charge in [-0.3, -0.25) is 9.69 Å². The van der Waals surface area contributed by atoms with Crippen molar-refractivity contribution in [2.45, 2.75) is 65.3 Å². The number of rotatable bonds is 9. The smallest absolute Gasteiger partial charge is 0.324 e. The maximum absolute atomic E-state index is 11.6. The maximum Gasteiger partial charge on any atom is 0.324 e. The molecule has 0 spiro atoms. The Hall–Kier alpha value is -0.570. The van der Waals surface area contributed by atoms with E-state index >= 15 is 0 Å². The minimum atomic E-state index is -0.660. The zero-order valence-electron chi connectivity index (χ0n) is 12.1. The molecule has 0 aromatic heterocycles. The van der Waals surface area contributed by atoms with Crippen LogP contribution in [-0.2, 0) is 4.79 Å². The third-order valence-electron chi connectivity index (χ3n) is 3.50. The van der Waals surface area contributed by atoms with Crippen molar-refractivity contribution in [3.8, 4) is 0 Å². The minimum absolute atomic E-state index is 0.618. The van der Waals surface area contributed by atoms with Crippen LogP contribution >= 0.6 is 0 Å². The largest absolute Gasteiger partial charge is 0.480 e. The number of hydrogen-bond donors (Lipinski definition) is 1. The van der Waals surface area contributed by atoms with Crippen molar-refractivity contribution < 1.29 is 9.90 Å². The molecule has 0 saturated heterocycles. The first-order valence-electron chi connectivity index (χ1n) is 6.85. The van der Waals surface area contributed by atoms with Gasteiger partial charge in [0.2, 0.25) is 0 Å². The molecule has 0 unspecified atom stereocenters. The molecule has 0 aliphatic carbocycles. The fourth-order valence-electron chi connectivity index (χ4n) is 2.38. The summed E-state index contributed by atoms with van der Waals surface area (Å²) in [5.41, 5.74) is -0.654. The number of hydrogen-bond acceptors (Lipinski definition) is 2. The van der Waals surface area contributed by atoms with Crippen molar-refractivity contribution in [3.05, 3.63) is 0 Å². The lowest BCUT2D eigenvalue weighted by molar-refractivity contribution is -0.152. The van der Waals surface area contributed by atoms with Gasteiger partial charge < -0.3 is 5.11 Å². The fraction of sp³-hybridized carbons (Fsp3) is 0.929. The van der Waals surface area contributed by atoms with Crippen LogP contribution in [0.5, 0.6) is 0 Å². The van der Waals surface area contributed by atoms with Crippen LogP contribution < -0.4 is 0 Å². The molecule has 0 aliphatic rings. The van der Waals surface area contributed by atoms with Gasteiger partial charge in [0.05, 0.1) is 0 Å². The van der Waals surface area contributed by atoms with Crippen molar-refractivity contribution in [2.24, 2.45) is 5.92 Å². The van der Waals surface area contributed by atoms with Gasteiger partial charge in [-0.05, 0) is 38.8 Å². The van der Waals surface area contributed by atoms with Gasteiger partial charge >= 0.3 is 5.97 Å². The molecule has 0 aromatic rings. The molecular weight excluding hydrogens is 214 g/mol. The Labute approximate surface area is 106 Å². The van der Waals surface area contributed by atoms with E-state index in [9.17, 15) is 9.90 Å². The van der Waals surface area contributed by atoms with Gasteiger partial charge in [-0.1, -0.05) is 40.5 Å². The molecule has 3 heteroatoms. The van der Waals surface area contributed by atoms with Gasteiger partial charge in [-0.15, -0.1) is 0 Å². The molecular formula is C14H29NO2. The second-order valence-electron chi connectivity index (χ2n) is 5.44. The second kappa shape index (κ2) is 7.70. The fourth-order valence-corrected chi connectivity index (χ4v) is 2.38. The standard InChI is InChI=1S/C14H29NO2/c1-6-9-14(10-7-2,13(16)17)15(5)11-8-12(3)4/h12H,6-11H2,1-5H3,(H,16,17). The molecule has 0 aromatic carbocycles. The van der Waals surface area contributed by atoms with Gasteiger partial charge in [0, 0.05) is 0 Å². The Morgan fingerprint density at radius 2 is 1.71 bits per heavy atom. The van der Waals surface area contributed by atoms with Crippen LogP contribution in [0.2, 0.25) is 0 Å². The topological polar surface area (TPSA) is 40.5 Å². The van der Waals surface area contributed by atoms with Crippen molar-refractivity contribution in [3.63, 3.8) is 0 Å². The average Bonchev–Trinajstić information content (AvgIpc) is 2.24. The predicted octanol–water partition coefficient (Wildman–Crippen LogP) is 3.39. The van der Waals surface area contributed by atoms with Crippen LogP contribution in [0.1, 0.15) is 59.8 Å². The molecule has 0 fully saturated rings. The maximum atomic E-state index is 11.6. The molecule has 0 amide bonds. The quantitative estimate of drug-likeness (QED) is 0.675. The molecule has 0 heterocycles. The van der Waals surface area contributed by atoms with E-state index in [1.807, 2.05) is 7.05 Å². The Kier molecular flexibility index (Phi) is 7.44. The highest BCUT2D eigenvalue weighted by Gasteiger charge is 2.40. The summed E-state index contributed by atoms with van der Waals surface area (Å²) in [6.07, 6.45) is 4.37. The van der Waals surface area contributed by atoms with E-state index < -0.39 is 11.5 Å². The van der Waals surface area contributed by atoms with Crippen LogP contribution in [0, 0.1) is 5.92 Å². The molecule has 0 bridgehead atoms. The molecule has 0 saturated carbocycles. The Morgan fingerprint density at radius 3 is 2.00 bits per heavy atom. The van der Waals surface area contributed by atoms with E-state index in [0.29, 0.717) is 5.92 Å². The van der Waals surface area contributed by atoms with Gasteiger partial charge in [0.25, 0.3) is 0 Å². The highest BCUT2D eigenvalue weighted by atomic mass is 16.4. The number of carbonyl (C=O) groups is 1. The first-order valence-corrected chi connectivity index (χ1v) is 6.85. The van der Waals surface area contributed by atoms with Crippen molar-refractivity contribution >= 4 is 5.97 Å². The van der Waals surface area contributed by atoms with Gasteiger partial charge in [-0.2, -0.15) is 0 Å². The van der Waals surface area contributed by atoms with Crippen LogP contribution in [0.15, 0.2) is 0 Å². The molecule has 0 atom stereocenters. The highest BCUT2D eigenvalue weighted by Crippen LogP contribution is 2.27. The SMILES string of the molecule is CCCC(CCC)(C(=O)O)N(C)CCC(C)C. The summed E-state index contributed by atoms with van der Waals surface area (Å²) in [5.74, 6) is -0.0420. The van der Waals surface area contributed by atoms with Crippen molar-refractivity contribution in [1.29, 1.82) is 0 Å². The summed E-state index contributed by atoms with van der Waals surface area (Å²) in [6.45, 7) is 9.34. The molecule has 0 radical (unpaired) electrons. The molecule has 3 nitrogen and oxygen atoms in total. The molecule has 17 heavy (non-hydrogen) atoms. The van der Waals surface area contributed by atoms with Crippen molar-refractivity contribution in [1.82, 2.24) is 4.90 Å². The van der Waals surface area contributed by atoms with Crippen LogP contribution in [-0.4, -0.2) is 35.1 Å². The van der Waals surface area contributed by atoms with E-state index in [1.54, 1.807) is 0 Å². The van der Waals surface area contributed by atoms with Crippen molar-refractivity contribution in [2.75, 3.05) is 13.6 Å². The van der Waals surface area contributed by atoms with Crippen LogP contribution in [0.4, 0.5) is 0 Å². The monoisotopic (exact) mass is 243 g/mol. The first kappa shape index (κ1) is 16.4. The zero-order chi connectivity index (χ0) is 13.5. The normalized spacial score (nSPS) is 12.4. The highest BCUT2D eigenvalue weighted by molar-refractivity contribution is 5.78. The predicted molar refractivity (Wildman–Crippen MR) is 72.3 cm³/mol. The summed E-state index contributed by atoms with van der Waals surface area (Å²) in [7, 11) is 1.96. The summed E-state index contributed by atoms with van der Waals surface area (Å²) >= 11 is 0. The lowest BCUT2D eigenvalue weighted by Gasteiger charge is -2.38.